The highest BCUT2D eigenvalue weighted by Gasteiger charge is 2.27. The summed E-state index contributed by atoms with van der Waals surface area (Å²) in [6.07, 6.45) is 0.962. The molecule has 0 fully saturated rings. The van der Waals surface area contributed by atoms with Gasteiger partial charge in [0, 0.05) is 23.5 Å². The number of carbonyl (C=O) groups excluding carboxylic acids is 1. The van der Waals surface area contributed by atoms with E-state index in [1.54, 1.807) is 53.6 Å². The lowest BCUT2D eigenvalue weighted by molar-refractivity contribution is -0.115. The van der Waals surface area contributed by atoms with Crippen molar-refractivity contribution in [1.82, 2.24) is 14.8 Å². The van der Waals surface area contributed by atoms with E-state index in [1.165, 1.54) is 0 Å². The number of nitrogens with one attached hydrogen (secondary N) is 2. The van der Waals surface area contributed by atoms with E-state index in [0.29, 0.717) is 45.7 Å². The highest BCUT2D eigenvalue weighted by Crippen LogP contribution is 2.33. The molecule has 0 spiro atoms. The molecule has 2 heterocycles. The van der Waals surface area contributed by atoms with Gasteiger partial charge in [-0.3, -0.25) is 14.5 Å². The number of alkyl halides is 3. The van der Waals surface area contributed by atoms with Gasteiger partial charge in [-0.25, -0.2) is 0 Å². The Hall–Kier alpha value is -3.73. The van der Waals surface area contributed by atoms with Gasteiger partial charge in [-0.05, 0) is 81.1 Å². The SMILES string of the molecule is Cc1cc(CC(=O)Nc2cnn(C(C)(C)C)c2)ccc1Oc1ccnc2ccc(NSCC(F)(F)F)cc12. The highest BCUT2D eigenvalue weighted by atomic mass is 32.2. The number of amides is 1. The zero-order chi connectivity index (χ0) is 27.5. The van der Waals surface area contributed by atoms with Crippen LogP contribution in [-0.2, 0) is 16.8 Å². The minimum absolute atomic E-state index is 0.157. The topological polar surface area (TPSA) is 81.1 Å². The number of hydrogen-bond donors (Lipinski definition) is 2. The Morgan fingerprint density at radius 2 is 1.84 bits per heavy atom. The number of hydrogen-bond acceptors (Lipinski definition) is 6. The molecule has 2 aromatic heterocycles. The van der Waals surface area contributed by atoms with Crippen LogP contribution in [-0.4, -0.2) is 32.6 Å². The first-order chi connectivity index (χ1) is 17.9. The Kier molecular flexibility index (Phi) is 7.86. The second-order valence-corrected chi connectivity index (χ2v) is 10.6. The second kappa shape index (κ2) is 10.9. The van der Waals surface area contributed by atoms with Crippen LogP contribution < -0.4 is 14.8 Å². The summed E-state index contributed by atoms with van der Waals surface area (Å²) in [4.78, 5) is 16.9. The number of benzene rings is 2. The van der Waals surface area contributed by atoms with Crippen molar-refractivity contribution in [3.05, 3.63) is 72.2 Å². The van der Waals surface area contributed by atoms with Crippen molar-refractivity contribution < 1.29 is 22.7 Å². The summed E-state index contributed by atoms with van der Waals surface area (Å²) >= 11 is 0.569. The van der Waals surface area contributed by atoms with Crippen LogP contribution in [0.25, 0.3) is 10.9 Å². The zero-order valence-electron chi connectivity index (χ0n) is 21.4. The summed E-state index contributed by atoms with van der Waals surface area (Å²) in [7, 11) is 0. The zero-order valence-corrected chi connectivity index (χ0v) is 22.2. The van der Waals surface area contributed by atoms with Crippen LogP contribution >= 0.6 is 11.9 Å². The van der Waals surface area contributed by atoms with Gasteiger partial charge >= 0.3 is 6.18 Å². The van der Waals surface area contributed by atoms with E-state index in [4.69, 9.17) is 4.74 Å². The number of pyridine rings is 1. The third-order valence-corrected chi connectivity index (χ3v) is 6.36. The first kappa shape index (κ1) is 27.3. The summed E-state index contributed by atoms with van der Waals surface area (Å²) in [5.74, 6) is -0.0529. The minimum Gasteiger partial charge on any atom is -0.456 e. The molecule has 0 aliphatic rings. The number of aryl methyl sites for hydroxylation is 1. The lowest BCUT2D eigenvalue weighted by Crippen LogP contribution is -2.22. The molecule has 7 nitrogen and oxygen atoms in total. The molecule has 0 bridgehead atoms. The molecule has 0 saturated carbocycles. The number of halogens is 3. The van der Waals surface area contributed by atoms with Crippen molar-refractivity contribution in [2.24, 2.45) is 0 Å². The summed E-state index contributed by atoms with van der Waals surface area (Å²) in [5, 5.41) is 7.83. The van der Waals surface area contributed by atoms with Gasteiger partial charge < -0.3 is 14.8 Å². The van der Waals surface area contributed by atoms with Crippen molar-refractivity contribution >= 4 is 40.1 Å². The third-order valence-electron chi connectivity index (χ3n) is 5.50. The third kappa shape index (κ3) is 7.18. The molecule has 4 aromatic rings. The van der Waals surface area contributed by atoms with Gasteiger partial charge in [-0.2, -0.15) is 18.3 Å². The molecule has 0 atom stereocenters. The van der Waals surface area contributed by atoms with E-state index in [2.05, 4.69) is 20.1 Å². The highest BCUT2D eigenvalue weighted by molar-refractivity contribution is 8.00. The first-order valence-electron chi connectivity index (χ1n) is 11.8. The number of aromatic nitrogens is 3. The average Bonchev–Trinajstić information content (AvgIpc) is 3.29. The molecule has 200 valence electrons. The maximum atomic E-state index is 12.6. The Balaban J connectivity index is 1.44. The molecule has 11 heteroatoms. The maximum Gasteiger partial charge on any atom is 0.399 e. The number of carbonyl (C=O) groups is 1. The fraction of sp³-hybridized carbons (Fsp3) is 0.296. The number of anilines is 2. The number of ether oxygens (including phenoxy) is 1. The first-order valence-corrected chi connectivity index (χ1v) is 12.8. The van der Waals surface area contributed by atoms with Gasteiger partial charge in [0.05, 0.1) is 29.4 Å². The molecule has 2 aromatic carbocycles. The molecule has 0 aliphatic heterocycles. The molecule has 0 aliphatic carbocycles. The quantitative estimate of drug-likeness (QED) is 0.231. The van der Waals surface area contributed by atoms with Crippen molar-refractivity contribution in [2.45, 2.75) is 45.8 Å². The smallest absolute Gasteiger partial charge is 0.399 e. The lowest BCUT2D eigenvalue weighted by atomic mass is 10.1. The van der Waals surface area contributed by atoms with Crippen LogP contribution in [0.3, 0.4) is 0 Å². The summed E-state index contributed by atoms with van der Waals surface area (Å²) in [6, 6.07) is 12.3. The monoisotopic (exact) mass is 543 g/mol. The van der Waals surface area contributed by atoms with Gasteiger partial charge in [-0.15, -0.1) is 0 Å². The molecule has 0 unspecified atom stereocenters. The van der Waals surface area contributed by atoms with Gasteiger partial charge in [0.15, 0.2) is 0 Å². The molecular formula is C27H28F3N5O2S. The van der Waals surface area contributed by atoms with Crippen molar-refractivity contribution in [2.75, 3.05) is 15.8 Å². The maximum absolute atomic E-state index is 12.6. The van der Waals surface area contributed by atoms with Gasteiger partial charge in [-0.1, -0.05) is 12.1 Å². The molecule has 1 amide bonds. The molecule has 2 N–H and O–H groups in total. The normalized spacial score (nSPS) is 12.0. The second-order valence-electron chi connectivity index (χ2n) is 9.82. The van der Waals surface area contributed by atoms with Crippen LogP contribution in [0, 0.1) is 6.92 Å². The molecule has 0 saturated heterocycles. The van der Waals surface area contributed by atoms with E-state index in [-0.39, 0.29) is 17.9 Å². The number of nitrogens with zero attached hydrogens (tertiary/aromatic N) is 3. The summed E-state index contributed by atoms with van der Waals surface area (Å²) < 4.78 is 48.1. The fourth-order valence-corrected chi connectivity index (χ4v) is 4.20. The van der Waals surface area contributed by atoms with Crippen LogP contribution in [0.15, 0.2) is 61.1 Å². The van der Waals surface area contributed by atoms with E-state index in [0.717, 1.165) is 11.1 Å². The van der Waals surface area contributed by atoms with Crippen LogP contribution in [0.4, 0.5) is 24.5 Å². The van der Waals surface area contributed by atoms with Gasteiger partial charge in [0.25, 0.3) is 0 Å². The molecule has 38 heavy (non-hydrogen) atoms. The summed E-state index contributed by atoms with van der Waals surface area (Å²) in [6.45, 7) is 7.97. The van der Waals surface area contributed by atoms with Crippen LogP contribution in [0.1, 0.15) is 31.9 Å². The Morgan fingerprint density at radius 3 is 2.53 bits per heavy atom. The van der Waals surface area contributed by atoms with Crippen molar-refractivity contribution in [3.63, 3.8) is 0 Å². The largest absolute Gasteiger partial charge is 0.456 e. The van der Waals surface area contributed by atoms with Crippen molar-refractivity contribution in [1.29, 1.82) is 0 Å². The average molecular weight is 544 g/mol. The van der Waals surface area contributed by atoms with Crippen LogP contribution in [0.2, 0.25) is 0 Å². The standard InChI is InChI=1S/C27H28F3N5O2S/c1-17-11-18(12-25(36)33-20-14-32-35(15-20)26(2,3)4)5-8-23(17)37-24-9-10-31-22-7-6-19(13-21(22)24)34-38-16-27(28,29)30/h5-11,13-15,34H,12,16H2,1-4H3,(H,33,36). The number of rotatable bonds is 8. The van der Waals surface area contributed by atoms with Gasteiger partial charge in [0.1, 0.15) is 17.3 Å². The Labute approximate surface area is 222 Å². The van der Waals surface area contributed by atoms with E-state index < -0.39 is 11.9 Å². The van der Waals surface area contributed by atoms with E-state index >= 15 is 0 Å². The molecular weight excluding hydrogens is 515 g/mol. The van der Waals surface area contributed by atoms with Gasteiger partial charge in [0.2, 0.25) is 5.91 Å². The van der Waals surface area contributed by atoms with E-state index in [1.807, 2.05) is 39.8 Å². The van der Waals surface area contributed by atoms with Crippen molar-refractivity contribution in [3.8, 4) is 11.5 Å². The Morgan fingerprint density at radius 1 is 1.05 bits per heavy atom. The summed E-state index contributed by atoms with van der Waals surface area (Å²) in [5.41, 5.74) is 3.27. The Bertz CT molecular complexity index is 1450. The molecule has 0 radical (unpaired) electrons. The fourth-order valence-electron chi connectivity index (χ4n) is 3.67. The molecule has 4 rings (SSSR count). The van der Waals surface area contributed by atoms with E-state index in [9.17, 15) is 18.0 Å². The minimum atomic E-state index is -4.26. The number of fused-ring (bicyclic) bond motifs is 1. The predicted octanol–water partition coefficient (Wildman–Crippen LogP) is 7.09. The predicted molar refractivity (Wildman–Crippen MR) is 145 cm³/mol. The van der Waals surface area contributed by atoms with Crippen LogP contribution in [0.5, 0.6) is 11.5 Å². The lowest BCUT2D eigenvalue weighted by Gasteiger charge is -2.18.